The summed E-state index contributed by atoms with van der Waals surface area (Å²) in [7, 11) is 0. The van der Waals surface area contributed by atoms with Gasteiger partial charge in [0.2, 0.25) is 0 Å². The molecule has 4 N–H and O–H groups in total. The number of benzene rings is 1. The zero-order valence-electron chi connectivity index (χ0n) is 9.52. The van der Waals surface area contributed by atoms with E-state index in [0.717, 1.165) is 5.56 Å². The van der Waals surface area contributed by atoms with Crippen molar-refractivity contribution in [3.8, 4) is 0 Å². The van der Waals surface area contributed by atoms with Crippen LogP contribution in [-0.4, -0.2) is 11.1 Å². The van der Waals surface area contributed by atoms with Crippen LogP contribution in [0.25, 0.3) is 0 Å². The highest BCUT2D eigenvalue weighted by Crippen LogP contribution is 2.21. The van der Waals surface area contributed by atoms with Crippen molar-refractivity contribution in [2.24, 2.45) is 0 Å². The summed E-state index contributed by atoms with van der Waals surface area (Å²) in [6.45, 7) is 0. The highest BCUT2D eigenvalue weighted by atomic mass is 16.3. The van der Waals surface area contributed by atoms with Gasteiger partial charge < -0.3 is 10.8 Å². The quantitative estimate of drug-likeness (QED) is 0.540. The molecule has 2 rings (SSSR count). The number of aliphatic hydroxyl groups is 1. The number of rotatable bonds is 3. The molecule has 0 bridgehead atoms. The number of hydrogen-bond donors (Lipinski definition) is 3. The Hall–Kier alpha value is -1.06. The van der Waals surface area contributed by atoms with Crippen molar-refractivity contribution in [1.82, 2.24) is 5.32 Å². The van der Waals surface area contributed by atoms with Crippen molar-refractivity contribution in [2.45, 2.75) is 44.4 Å². The molecule has 0 heterocycles. The Labute approximate surface area is 96.7 Å². The number of nitrogens with one attached hydrogen (secondary N) is 1. The van der Waals surface area contributed by atoms with Gasteiger partial charge in [-0.25, -0.2) is 0 Å². The molecule has 1 aromatic rings. The first-order valence-corrected chi connectivity index (χ1v) is 6.05. The molecule has 3 nitrogen and oxygen atoms in total. The second-order valence-electron chi connectivity index (χ2n) is 4.57. The highest BCUT2D eigenvalue weighted by Gasteiger charge is 2.17. The molecule has 0 saturated heterocycles. The number of nitrogen functional groups attached to an aromatic ring is 1. The predicted octanol–water partition coefficient (Wildman–Crippen LogP) is 2.18. The first-order valence-electron chi connectivity index (χ1n) is 6.05. The van der Waals surface area contributed by atoms with Crippen molar-refractivity contribution in [3.63, 3.8) is 0 Å². The maximum atomic E-state index is 10.0. The molecule has 88 valence electrons. The van der Waals surface area contributed by atoms with Crippen molar-refractivity contribution in [1.29, 1.82) is 0 Å². The first kappa shape index (κ1) is 11.4. The average molecular weight is 220 g/mol. The fraction of sp³-hybridized carbons (Fsp3) is 0.538. The molecule has 0 spiro atoms. The third-order valence-corrected chi connectivity index (χ3v) is 3.23. The van der Waals surface area contributed by atoms with E-state index in [-0.39, 0.29) is 0 Å². The van der Waals surface area contributed by atoms with Crippen LogP contribution in [0.2, 0.25) is 0 Å². The molecule has 1 fully saturated rings. The van der Waals surface area contributed by atoms with E-state index in [1.807, 2.05) is 24.3 Å². The van der Waals surface area contributed by atoms with E-state index in [2.05, 4.69) is 5.32 Å². The lowest BCUT2D eigenvalue weighted by Gasteiger charge is -2.26. The highest BCUT2D eigenvalue weighted by molar-refractivity contribution is 5.41. The number of hydrogen-bond acceptors (Lipinski definition) is 3. The van der Waals surface area contributed by atoms with Crippen LogP contribution in [0.1, 0.15) is 43.9 Å². The van der Waals surface area contributed by atoms with Crippen LogP contribution in [0, 0.1) is 0 Å². The minimum atomic E-state index is -0.591. The van der Waals surface area contributed by atoms with Crippen LogP contribution < -0.4 is 11.1 Å². The van der Waals surface area contributed by atoms with E-state index in [0.29, 0.717) is 11.7 Å². The Balaban J connectivity index is 1.94. The normalized spacial score (nSPS) is 19.6. The average Bonchev–Trinajstić information content (AvgIpc) is 2.30. The number of anilines is 1. The summed E-state index contributed by atoms with van der Waals surface area (Å²) in [6, 6.07) is 7.87. The molecule has 3 heteroatoms. The Bertz CT molecular complexity index is 334. The molecule has 1 aliphatic carbocycles. The summed E-state index contributed by atoms with van der Waals surface area (Å²) < 4.78 is 0. The van der Waals surface area contributed by atoms with Gasteiger partial charge in [-0.15, -0.1) is 0 Å². The molecule has 1 unspecified atom stereocenters. The summed E-state index contributed by atoms with van der Waals surface area (Å²) in [5, 5.41) is 13.3. The summed E-state index contributed by atoms with van der Waals surface area (Å²) >= 11 is 0. The van der Waals surface area contributed by atoms with Crippen LogP contribution in [0.15, 0.2) is 24.3 Å². The lowest BCUT2D eigenvalue weighted by atomic mass is 9.95. The molecule has 1 atom stereocenters. The lowest BCUT2D eigenvalue weighted by Crippen LogP contribution is -2.34. The van der Waals surface area contributed by atoms with Gasteiger partial charge in [-0.1, -0.05) is 31.4 Å². The molecular formula is C13H20N2O. The molecule has 0 radical (unpaired) electrons. The fourth-order valence-corrected chi connectivity index (χ4v) is 2.32. The van der Waals surface area contributed by atoms with Gasteiger partial charge in [0.1, 0.15) is 6.23 Å². The molecule has 1 aromatic carbocycles. The van der Waals surface area contributed by atoms with E-state index in [1.165, 1.54) is 32.1 Å². The minimum absolute atomic E-state index is 0.449. The second-order valence-corrected chi connectivity index (χ2v) is 4.57. The van der Waals surface area contributed by atoms with Gasteiger partial charge in [0, 0.05) is 11.7 Å². The third kappa shape index (κ3) is 2.97. The maximum absolute atomic E-state index is 10.0. The van der Waals surface area contributed by atoms with Crippen LogP contribution in [0.5, 0.6) is 0 Å². The topological polar surface area (TPSA) is 58.3 Å². The molecule has 0 aromatic heterocycles. The summed E-state index contributed by atoms with van der Waals surface area (Å²) in [5.74, 6) is 0. The fourth-order valence-electron chi connectivity index (χ4n) is 2.32. The summed E-state index contributed by atoms with van der Waals surface area (Å²) in [4.78, 5) is 0. The number of aliphatic hydroxyl groups excluding tert-OH is 1. The molecular weight excluding hydrogens is 200 g/mol. The predicted molar refractivity (Wildman–Crippen MR) is 65.8 cm³/mol. The molecule has 0 aliphatic heterocycles. The van der Waals surface area contributed by atoms with Gasteiger partial charge in [0.05, 0.1) is 0 Å². The van der Waals surface area contributed by atoms with Gasteiger partial charge in [0.25, 0.3) is 0 Å². The standard InChI is InChI=1S/C13H20N2O/c14-11-6-4-5-10(9-11)13(16)15-12-7-2-1-3-8-12/h4-6,9,12-13,15-16H,1-3,7-8,14H2. The number of nitrogens with two attached hydrogens (primary N) is 1. The zero-order valence-corrected chi connectivity index (χ0v) is 9.52. The van der Waals surface area contributed by atoms with Crippen LogP contribution >= 0.6 is 0 Å². The Morgan fingerprint density at radius 1 is 1.25 bits per heavy atom. The van der Waals surface area contributed by atoms with Crippen LogP contribution in [0.3, 0.4) is 0 Å². The molecule has 0 amide bonds. The molecule has 1 saturated carbocycles. The SMILES string of the molecule is Nc1cccc(C(O)NC2CCCCC2)c1. The molecule has 1 aliphatic rings. The van der Waals surface area contributed by atoms with Crippen molar-refractivity contribution >= 4 is 5.69 Å². The van der Waals surface area contributed by atoms with Gasteiger partial charge in [0.15, 0.2) is 0 Å². The molecule has 16 heavy (non-hydrogen) atoms. The largest absolute Gasteiger partial charge is 0.399 e. The first-order chi connectivity index (χ1) is 7.75. The van der Waals surface area contributed by atoms with Gasteiger partial charge in [-0.3, -0.25) is 5.32 Å². The smallest absolute Gasteiger partial charge is 0.131 e. The van der Waals surface area contributed by atoms with Crippen molar-refractivity contribution in [2.75, 3.05) is 5.73 Å². The lowest BCUT2D eigenvalue weighted by molar-refractivity contribution is 0.114. The van der Waals surface area contributed by atoms with Crippen molar-refractivity contribution < 1.29 is 5.11 Å². The van der Waals surface area contributed by atoms with E-state index >= 15 is 0 Å². The third-order valence-electron chi connectivity index (χ3n) is 3.23. The second kappa shape index (κ2) is 5.32. The van der Waals surface area contributed by atoms with E-state index in [9.17, 15) is 5.11 Å². The van der Waals surface area contributed by atoms with E-state index < -0.39 is 6.23 Å². The maximum Gasteiger partial charge on any atom is 0.131 e. The zero-order chi connectivity index (χ0) is 11.4. The summed E-state index contributed by atoms with van der Waals surface area (Å²) in [5.41, 5.74) is 7.24. The van der Waals surface area contributed by atoms with E-state index in [1.54, 1.807) is 0 Å². The summed E-state index contributed by atoms with van der Waals surface area (Å²) in [6.07, 6.45) is 5.60. The minimum Gasteiger partial charge on any atom is -0.399 e. The Morgan fingerprint density at radius 3 is 2.69 bits per heavy atom. The Morgan fingerprint density at radius 2 is 2.00 bits per heavy atom. The van der Waals surface area contributed by atoms with Gasteiger partial charge in [-0.05, 0) is 30.5 Å². The van der Waals surface area contributed by atoms with Gasteiger partial charge >= 0.3 is 0 Å². The van der Waals surface area contributed by atoms with Crippen LogP contribution in [-0.2, 0) is 0 Å². The van der Waals surface area contributed by atoms with E-state index in [4.69, 9.17) is 5.73 Å². The van der Waals surface area contributed by atoms with Gasteiger partial charge in [-0.2, -0.15) is 0 Å². The van der Waals surface area contributed by atoms with Crippen LogP contribution in [0.4, 0.5) is 5.69 Å². The monoisotopic (exact) mass is 220 g/mol. The van der Waals surface area contributed by atoms with Crippen molar-refractivity contribution in [3.05, 3.63) is 29.8 Å². The Kier molecular flexibility index (Phi) is 3.80.